The fourth-order valence-electron chi connectivity index (χ4n) is 3.81. The predicted octanol–water partition coefficient (Wildman–Crippen LogP) is 2.82. The van der Waals surface area contributed by atoms with Gasteiger partial charge in [0, 0.05) is 37.6 Å². The average Bonchev–Trinajstić information content (AvgIpc) is 2.83. The van der Waals surface area contributed by atoms with Crippen molar-refractivity contribution in [1.82, 2.24) is 10.2 Å². The van der Waals surface area contributed by atoms with E-state index in [2.05, 4.69) is 5.32 Å². The van der Waals surface area contributed by atoms with Crippen LogP contribution in [0.25, 0.3) is 0 Å². The van der Waals surface area contributed by atoms with Crippen molar-refractivity contribution in [2.24, 2.45) is 0 Å². The highest BCUT2D eigenvalue weighted by Gasteiger charge is 2.26. The number of benzene rings is 2. The third-order valence-electron chi connectivity index (χ3n) is 5.62. The van der Waals surface area contributed by atoms with Gasteiger partial charge in [-0.15, -0.1) is 0 Å². The second-order valence-electron chi connectivity index (χ2n) is 8.21. The normalized spacial score (nSPS) is 13.6. The maximum absolute atomic E-state index is 13.2. The molecule has 35 heavy (non-hydrogen) atoms. The molecule has 0 radical (unpaired) electrons. The van der Waals surface area contributed by atoms with Crippen molar-refractivity contribution in [3.63, 3.8) is 0 Å². The van der Waals surface area contributed by atoms with Crippen LogP contribution in [0.3, 0.4) is 0 Å². The van der Waals surface area contributed by atoms with E-state index in [4.69, 9.17) is 21.1 Å². The lowest BCUT2D eigenvalue weighted by Crippen LogP contribution is -2.46. The molecule has 3 rings (SSSR count). The Morgan fingerprint density at radius 3 is 2.49 bits per heavy atom. The van der Waals surface area contributed by atoms with Gasteiger partial charge in [0.1, 0.15) is 19.3 Å². The Bertz CT molecular complexity index is 1170. The molecule has 190 valence electrons. The van der Waals surface area contributed by atoms with Gasteiger partial charge in [-0.05, 0) is 43.2 Å². The van der Waals surface area contributed by atoms with Crippen LogP contribution in [0.2, 0.25) is 5.02 Å². The Kier molecular flexibility index (Phi) is 8.85. The molecule has 0 saturated carbocycles. The monoisotopic (exact) mass is 523 g/mol. The number of hydrogen-bond acceptors (Lipinski definition) is 6. The summed E-state index contributed by atoms with van der Waals surface area (Å²) in [6.07, 6.45) is 1.43. The smallest absolute Gasteiger partial charge is 0.242 e. The number of anilines is 1. The number of nitrogens with zero attached hydrogens (tertiary/aromatic N) is 2. The molecular weight excluding hydrogens is 494 g/mol. The predicted molar refractivity (Wildman–Crippen MR) is 134 cm³/mol. The molecule has 2 amide bonds. The molecule has 11 heteroatoms. The molecule has 1 heterocycles. The van der Waals surface area contributed by atoms with E-state index in [1.54, 1.807) is 43.3 Å². The quantitative estimate of drug-likeness (QED) is 0.513. The minimum atomic E-state index is -3.62. The maximum atomic E-state index is 13.2. The van der Waals surface area contributed by atoms with Crippen LogP contribution in [0.1, 0.15) is 25.3 Å². The van der Waals surface area contributed by atoms with E-state index in [1.165, 1.54) is 16.3 Å². The molecule has 0 bridgehead atoms. The number of rotatable bonds is 10. The van der Waals surface area contributed by atoms with Crippen molar-refractivity contribution < 1.29 is 27.5 Å². The SMILES string of the molecule is CNC(=O)C(C)N(Cc1cccc(Cl)c1)C(=O)CCCN(c1ccc2c(c1)OCCO2)S(C)(=O)=O. The van der Waals surface area contributed by atoms with Gasteiger partial charge in [-0.3, -0.25) is 13.9 Å². The van der Waals surface area contributed by atoms with Crippen molar-refractivity contribution in [1.29, 1.82) is 0 Å². The molecule has 2 aromatic carbocycles. The summed E-state index contributed by atoms with van der Waals surface area (Å²) in [5.41, 5.74) is 1.22. The molecule has 0 aliphatic carbocycles. The van der Waals surface area contributed by atoms with Gasteiger partial charge < -0.3 is 19.7 Å². The first-order valence-corrected chi connectivity index (χ1v) is 13.5. The van der Waals surface area contributed by atoms with Gasteiger partial charge in [0.25, 0.3) is 0 Å². The van der Waals surface area contributed by atoms with Gasteiger partial charge in [0.05, 0.1) is 11.9 Å². The number of amides is 2. The van der Waals surface area contributed by atoms with Crippen LogP contribution in [0.4, 0.5) is 5.69 Å². The molecule has 1 N–H and O–H groups in total. The average molecular weight is 524 g/mol. The van der Waals surface area contributed by atoms with Crippen molar-refractivity contribution in [2.45, 2.75) is 32.4 Å². The van der Waals surface area contributed by atoms with Gasteiger partial charge in [-0.25, -0.2) is 8.42 Å². The summed E-state index contributed by atoms with van der Waals surface area (Å²) in [5, 5.41) is 3.10. The van der Waals surface area contributed by atoms with Gasteiger partial charge in [-0.2, -0.15) is 0 Å². The highest BCUT2D eigenvalue weighted by molar-refractivity contribution is 7.92. The van der Waals surface area contributed by atoms with Crippen LogP contribution in [-0.2, 0) is 26.2 Å². The number of ether oxygens (including phenoxy) is 2. The van der Waals surface area contributed by atoms with E-state index in [1.807, 2.05) is 6.07 Å². The third-order valence-corrected chi connectivity index (χ3v) is 7.05. The van der Waals surface area contributed by atoms with Crippen LogP contribution < -0.4 is 19.1 Å². The lowest BCUT2D eigenvalue weighted by molar-refractivity contribution is -0.140. The first-order chi connectivity index (χ1) is 16.6. The summed E-state index contributed by atoms with van der Waals surface area (Å²) in [7, 11) is -2.10. The van der Waals surface area contributed by atoms with E-state index in [9.17, 15) is 18.0 Å². The Morgan fingerprint density at radius 1 is 1.11 bits per heavy atom. The molecular formula is C24H30ClN3O6S. The lowest BCUT2D eigenvalue weighted by Gasteiger charge is -2.29. The van der Waals surface area contributed by atoms with Crippen LogP contribution in [-0.4, -0.2) is 64.2 Å². The first-order valence-electron chi connectivity index (χ1n) is 11.2. The second kappa shape index (κ2) is 11.6. The van der Waals surface area contributed by atoms with Crippen molar-refractivity contribution in [3.8, 4) is 11.5 Å². The second-order valence-corrected chi connectivity index (χ2v) is 10.6. The summed E-state index contributed by atoms with van der Waals surface area (Å²) >= 11 is 6.08. The molecule has 2 aromatic rings. The van der Waals surface area contributed by atoms with Crippen molar-refractivity contribution in [2.75, 3.05) is 37.4 Å². The van der Waals surface area contributed by atoms with E-state index in [0.29, 0.717) is 35.4 Å². The molecule has 1 atom stereocenters. The molecule has 9 nitrogen and oxygen atoms in total. The van der Waals surface area contributed by atoms with E-state index in [-0.39, 0.29) is 37.7 Å². The fraction of sp³-hybridized carbons (Fsp3) is 0.417. The molecule has 1 unspecified atom stereocenters. The van der Waals surface area contributed by atoms with Gasteiger partial charge in [-0.1, -0.05) is 23.7 Å². The van der Waals surface area contributed by atoms with Gasteiger partial charge >= 0.3 is 0 Å². The van der Waals surface area contributed by atoms with Crippen LogP contribution >= 0.6 is 11.6 Å². The zero-order valence-corrected chi connectivity index (χ0v) is 21.6. The molecule has 1 aliphatic rings. The Morgan fingerprint density at radius 2 is 1.83 bits per heavy atom. The highest BCUT2D eigenvalue weighted by atomic mass is 35.5. The fourth-order valence-corrected chi connectivity index (χ4v) is 4.98. The van der Waals surface area contributed by atoms with E-state index >= 15 is 0 Å². The van der Waals surface area contributed by atoms with Gasteiger partial charge in [0.2, 0.25) is 21.8 Å². The largest absolute Gasteiger partial charge is 0.486 e. The zero-order chi connectivity index (χ0) is 25.6. The minimum Gasteiger partial charge on any atom is -0.486 e. The van der Waals surface area contributed by atoms with Crippen molar-refractivity contribution >= 4 is 39.1 Å². The number of hydrogen-bond donors (Lipinski definition) is 1. The van der Waals surface area contributed by atoms with Crippen LogP contribution in [0, 0.1) is 0 Å². The number of sulfonamides is 1. The summed E-state index contributed by atoms with van der Waals surface area (Å²) in [6, 6.07) is 11.3. The number of likely N-dealkylation sites (N-methyl/N-ethyl adjacent to an activating group) is 1. The number of halogens is 1. The third kappa shape index (κ3) is 7.02. The summed E-state index contributed by atoms with van der Waals surface area (Å²) in [6.45, 7) is 2.76. The Labute approximate surface area is 211 Å². The molecule has 0 spiro atoms. The molecule has 0 aromatic heterocycles. The minimum absolute atomic E-state index is 0.0540. The number of carbonyl (C=O) groups is 2. The van der Waals surface area contributed by atoms with Gasteiger partial charge in [0.15, 0.2) is 11.5 Å². The maximum Gasteiger partial charge on any atom is 0.242 e. The number of fused-ring (bicyclic) bond motifs is 1. The Hall–Kier alpha value is -2.98. The first kappa shape index (κ1) is 26.6. The highest BCUT2D eigenvalue weighted by Crippen LogP contribution is 2.34. The topological polar surface area (TPSA) is 105 Å². The molecule has 0 saturated heterocycles. The summed E-state index contributed by atoms with van der Waals surface area (Å²) < 4.78 is 37.3. The lowest BCUT2D eigenvalue weighted by atomic mass is 10.1. The number of carbonyl (C=O) groups excluding carboxylic acids is 2. The van der Waals surface area contributed by atoms with E-state index in [0.717, 1.165) is 11.8 Å². The van der Waals surface area contributed by atoms with E-state index < -0.39 is 16.1 Å². The Balaban J connectivity index is 1.72. The zero-order valence-electron chi connectivity index (χ0n) is 20.0. The molecule has 0 fully saturated rings. The van der Waals surface area contributed by atoms with Crippen molar-refractivity contribution in [3.05, 3.63) is 53.1 Å². The number of nitrogens with one attached hydrogen (secondary N) is 1. The summed E-state index contributed by atoms with van der Waals surface area (Å²) in [5.74, 6) is 0.472. The molecule has 1 aliphatic heterocycles. The standard InChI is InChI=1S/C24H30ClN3O6S/c1-17(24(30)26-2)27(16-18-6-4-7-19(25)14-18)23(29)8-5-11-28(35(3,31)32)20-9-10-21-22(15-20)34-13-12-33-21/h4,6-7,9-10,14-15,17H,5,8,11-13,16H2,1-3H3,(H,26,30). The summed E-state index contributed by atoms with van der Waals surface area (Å²) in [4.78, 5) is 26.9. The van der Waals surface area contributed by atoms with Crippen LogP contribution in [0.15, 0.2) is 42.5 Å². The van der Waals surface area contributed by atoms with Crippen LogP contribution in [0.5, 0.6) is 11.5 Å².